The van der Waals surface area contributed by atoms with Crippen LogP contribution in [0.1, 0.15) is 96.9 Å². The highest BCUT2D eigenvalue weighted by molar-refractivity contribution is 9.13. The van der Waals surface area contributed by atoms with E-state index in [4.69, 9.17) is 44.8 Å². The average Bonchev–Trinajstić information content (AvgIpc) is 1.65. The quantitative estimate of drug-likeness (QED) is 0.0452. The summed E-state index contributed by atoms with van der Waals surface area (Å²) in [6, 6.07) is 17.0. The number of nitrogens with one attached hydrogen (secondary N) is 5. The van der Waals surface area contributed by atoms with Gasteiger partial charge in [-0.15, -0.1) is 0 Å². The molecule has 14 rings (SSSR count). The highest BCUT2D eigenvalue weighted by atomic mass is 79.9. The van der Waals surface area contributed by atoms with E-state index >= 15 is 0 Å². The van der Waals surface area contributed by atoms with Crippen LogP contribution >= 0.6 is 127 Å². The minimum atomic E-state index is -0.937. The molecule has 0 saturated carbocycles. The van der Waals surface area contributed by atoms with Gasteiger partial charge in [-0.05, 0) is 305 Å². The van der Waals surface area contributed by atoms with Gasteiger partial charge in [0.05, 0.1) is 6.33 Å². The molecular formula is C72H83Br5N22O4S4. The van der Waals surface area contributed by atoms with Gasteiger partial charge in [-0.25, -0.2) is 49.8 Å². The number of carbonyl (C=O) groups excluding carboxylic acids is 2. The molecule has 2 fully saturated rings. The minimum absolute atomic E-state index is 0.182. The Labute approximate surface area is 678 Å². The number of anilines is 3. The number of fused-ring (bicyclic) bond motifs is 4. The summed E-state index contributed by atoms with van der Waals surface area (Å²) in [5.41, 5.74) is 32.9. The summed E-state index contributed by atoms with van der Waals surface area (Å²) in [5.74, 6) is 1.82. The zero-order valence-corrected chi connectivity index (χ0v) is 71.6. The predicted octanol–water partition coefficient (Wildman–Crippen LogP) is 15.6. The fourth-order valence-corrected chi connectivity index (χ4v) is 17.7. The normalized spacial score (nSPS) is 13.9. The summed E-state index contributed by atoms with van der Waals surface area (Å²) in [6.45, 7) is 24.1. The molecule has 8 aromatic heterocycles. The van der Waals surface area contributed by atoms with Crippen molar-refractivity contribution in [2.45, 2.75) is 163 Å². The van der Waals surface area contributed by atoms with Crippen LogP contribution in [0, 0.1) is 77.4 Å². The fraction of sp³-hybridized carbons (Fsp3) is 0.361. The number of aryl methyl sites for hydroxylation is 10. The number of hydrogen-bond acceptors (Lipinski definition) is 22. The SMILES string of the molecule is Cc1cc(Br)c(Br)cc1C.Cc1cc(Br)c(Sc2nc3c(N)ncnc3n2CCC2CCN(C(=O)[C@H](C)O)CC2)cc1C.Cc1cc(Br)c(Sc2nc3c([nH]2)c(=N)ncn3CCC2CCN(C(=O)[C@H](C)O)CC2)cc1C.Cc1cc(Br)c(Sc2nc3ncnc(N)c3[nH]2)cc1C.Nc1ncnc2[nH]c(=S)[nH]c12. The first-order valence-corrected chi connectivity index (χ1v) is 41.0. The lowest BCUT2D eigenvalue weighted by atomic mass is 9.93. The number of imidazole rings is 4. The Bertz CT molecular complexity index is 5290. The van der Waals surface area contributed by atoms with Crippen LogP contribution in [-0.4, -0.2) is 149 Å². The van der Waals surface area contributed by atoms with Crippen LogP contribution in [0.5, 0.6) is 0 Å². The number of aromatic nitrogens is 16. The molecule has 10 heterocycles. The van der Waals surface area contributed by atoms with E-state index in [-0.39, 0.29) is 17.3 Å². The van der Waals surface area contributed by atoms with E-state index in [9.17, 15) is 19.8 Å². The lowest BCUT2D eigenvalue weighted by molar-refractivity contribution is -0.141. The maximum Gasteiger partial charge on any atom is 0.251 e. The first kappa shape index (κ1) is 82.3. The smallest absolute Gasteiger partial charge is 0.251 e. The maximum atomic E-state index is 12.0. The Balaban J connectivity index is 0.000000153. The van der Waals surface area contributed by atoms with Crippen molar-refractivity contribution in [2.24, 2.45) is 11.8 Å². The molecule has 2 aliphatic heterocycles. The second kappa shape index (κ2) is 37.0. The molecule has 26 nitrogen and oxygen atoms in total. The second-order valence-electron chi connectivity index (χ2n) is 26.3. The van der Waals surface area contributed by atoms with Crippen molar-refractivity contribution in [1.29, 1.82) is 5.41 Å². The van der Waals surface area contributed by atoms with Gasteiger partial charge in [-0.2, -0.15) is 0 Å². The average molecular weight is 1850 g/mol. The first-order chi connectivity index (χ1) is 50.9. The van der Waals surface area contributed by atoms with Gasteiger partial charge >= 0.3 is 0 Å². The molecule has 2 aliphatic rings. The summed E-state index contributed by atoms with van der Waals surface area (Å²) in [5, 5.41) is 29.6. The molecule has 2 atom stereocenters. The zero-order valence-electron chi connectivity index (χ0n) is 60.4. The summed E-state index contributed by atoms with van der Waals surface area (Å²) in [7, 11) is 0. The van der Waals surface area contributed by atoms with Crippen LogP contribution in [0.15, 0.2) is 126 Å². The number of H-pyrrole nitrogens is 4. The van der Waals surface area contributed by atoms with E-state index in [1.807, 2.05) is 4.57 Å². The third-order valence-electron chi connectivity index (χ3n) is 18.6. The summed E-state index contributed by atoms with van der Waals surface area (Å²) < 4.78 is 9.99. The molecule has 4 aromatic carbocycles. The number of benzene rings is 4. The molecule has 12 aromatic rings. The number of rotatable bonds is 14. The monoisotopic (exact) mass is 1840 g/mol. The number of nitrogens with zero attached hydrogens (tertiary/aromatic N) is 14. The number of hydrogen-bond donors (Lipinski definition) is 10. The van der Waals surface area contributed by atoms with Gasteiger partial charge in [0.2, 0.25) is 0 Å². The first-order valence-electron chi connectivity index (χ1n) is 34.2. The Kier molecular flexibility index (Phi) is 28.5. The number of aliphatic hydroxyl groups excluding tert-OH is 2. The summed E-state index contributed by atoms with van der Waals surface area (Å²) in [4.78, 5) is 85.5. The van der Waals surface area contributed by atoms with Crippen molar-refractivity contribution >= 4 is 201 Å². The van der Waals surface area contributed by atoms with E-state index in [1.165, 1.54) is 101 Å². The molecular weight excluding hydrogens is 1760 g/mol. The van der Waals surface area contributed by atoms with Crippen LogP contribution in [0.2, 0.25) is 0 Å². The molecule has 2 saturated heterocycles. The van der Waals surface area contributed by atoms with Crippen molar-refractivity contribution in [1.82, 2.24) is 88.7 Å². The van der Waals surface area contributed by atoms with Gasteiger partial charge in [-0.1, -0.05) is 35.3 Å². The van der Waals surface area contributed by atoms with Crippen molar-refractivity contribution in [3.8, 4) is 0 Å². The summed E-state index contributed by atoms with van der Waals surface area (Å²) >= 11 is 27.3. The number of carbonyl (C=O) groups is 2. The number of aliphatic hydroxyl groups is 2. The maximum absolute atomic E-state index is 12.0. The van der Waals surface area contributed by atoms with E-state index in [2.05, 4.69) is 248 Å². The lowest BCUT2D eigenvalue weighted by Crippen LogP contribution is -2.43. The van der Waals surface area contributed by atoms with E-state index in [1.54, 1.807) is 27.9 Å². The molecule has 35 heteroatoms. The molecule has 0 bridgehead atoms. The van der Waals surface area contributed by atoms with Crippen LogP contribution in [-0.2, 0) is 22.7 Å². The molecule has 564 valence electrons. The largest absolute Gasteiger partial charge is 0.384 e. The highest BCUT2D eigenvalue weighted by Gasteiger charge is 2.28. The molecule has 13 N–H and O–H groups in total. The van der Waals surface area contributed by atoms with E-state index in [0.717, 1.165) is 115 Å². The van der Waals surface area contributed by atoms with Crippen molar-refractivity contribution < 1.29 is 19.8 Å². The minimum Gasteiger partial charge on any atom is -0.384 e. The van der Waals surface area contributed by atoms with Crippen molar-refractivity contribution in [2.75, 3.05) is 43.4 Å². The highest BCUT2D eigenvalue weighted by Crippen LogP contribution is 2.40. The van der Waals surface area contributed by atoms with Crippen molar-refractivity contribution in [3.63, 3.8) is 0 Å². The third kappa shape index (κ3) is 21.0. The molecule has 0 radical (unpaired) electrons. The Hall–Kier alpha value is -7.19. The van der Waals surface area contributed by atoms with Gasteiger partial charge in [0.25, 0.3) is 11.8 Å². The Morgan fingerprint density at radius 3 is 1.45 bits per heavy atom. The van der Waals surface area contributed by atoms with Gasteiger partial charge in [-0.3, -0.25) is 15.0 Å². The standard InChI is InChI=1S/2C23H29BrN6O2S.C13H12BrN5S.C8H8Br2.C5H5N5S/c1-13-10-17(24)18(11-14(13)2)33-23-27-19-20(25)26-12-30(21(19)28-23)9-6-16-4-7-29(8-5-16)22(32)15(3)31;1-13-10-17(24)18(11-14(13)2)33-23-28-19-20(25)26-12-27-21(19)30(23)9-6-16-4-7-29(8-5-16)22(32)15(3)31;1-6-3-8(14)9(4-7(6)2)20-13-18-10-11(15)16-5-17-12(10)19-13;1-5-3-7(9)8(10)4-6(5)2;6-3-2-4(8-1-7-3)10-5(11)9-2/h10-12,15-16,25,31H,4-9H2,1-3H3,(H,27,28);10-12,15-16,31H,4-9H2,1-3H3,(H2,25,26,27);3-5H,1-2H3,(H3,15,16,17,18,19);3-4H,1-2H3;1H,(H4,6,7,8,9,10,11)/t2*15-;;;/m00.../s1. The Morgan fingerprint density at radius 1 is 0.523 bits per heavy atom. The number of aromatic amines is 4. The number of piperidine rings is 2. The summed E-state index contributed by atoms with van der Waals surface area (Å²) in [6.07, 6.45) is 9.71. The lowest BCUT2D eigenvalue weighted by Gasteiger charge is -2.32. The molecule has 107 heavy (non-hydrogen) atoms. The topological polar surface area (TPSA) is 385 Å². The number of halogens is 5. The van der Waals surface area contributed by atoms with Crippen LogP contribution in [0.4, 0.5) is 17.5 Å². The van der Waals surface area contributed by atoms with E-state index < -0.39 is 12.2 Å². The molecule has 0 spiro atoms. The molecule has 0 unspecified atom stereocenters. The fourth-order valence-electron chi connectivity index (χ4n) is 11.7. The Morgan fingerprint density at radius 2 is 0.953 bits per heavy atom. The number of likely N-dealkylation sites (tertiary alicyclic amines) is 2. The van der Waals surface area contributed by atoms with Crippen LogP contribution in [0.25, 0.3) is 44.7 Å². The number of amides is 2. The second-order valence-corrected chi connectivity index (χ2v) is 34.0. The van der Waals surface area contributed by atoms with Gasteiger partial charge in [0.15, 0.2) is 71.3 Å². The van der Waals surface area contributed by atoms with Crippen LogP contribution in [0.3, 0.4) is 0 Å². The van der Waals surface area contributed by atoms with Gasteiger partial charge in [0, 0.05) is 76.3 Å². The van der Waals surface area contributed by atoms with Crippen molar-refractivity contribution in [3.05, 3.63) is 151 Å². The predicted molar refractivity (Wildman–Crippen MR) is 443 cm³/mol. The van der Waals surface area contributed by atoms with E-state index in [0.29, 0.717) is 93.6 Å². The molecule has 0 aliphatic carbocycles. The van der Waals surface area contributed by atoms with Gasteiger partial charge < -0.3 is 66.3 Å². The number of nitrogen functional groups attached to an aromatic ring is 3. The number of nitrogens with two attached hydrogens (primary N) is 3. The third-order valence-corrected chi connectivity index (χ3v) is 26.3. The van der Waals surface area contributed by atoms with Gasteiger partial charge in [0.1, 0.15) is 47.7 Å². The zero-order chi connectivity index (χ0) is 77.2. The van der Waals surface area contributed by atoms with Crippen LogP contribution < -0.4 is 22.7 Å². The molecule has 2 amide bonds.